The highest BCUT2D eigenvalue weighted by Crippen LogP contribution is 2.44. The van der Waals surface area contributed by atoms with Gasteiger partial charge in [0, 0.05) is 58.5 Å². The van der Waals surface area contributed by atoms with E-state index >= 15 is 0 Å². The lowest BCUT2D eigenvalue weighted by Crippen LogP contribution is -2.52. The van der Waals surface area contributed by atoms with Crippen molar-refractivity contribution >= 4 is 44.7 Å². The molecule has 2 fully saturated rings. The summed E-state index contributed by atoms with van der Waals surface area (Å²) in [7, 11) is 5.38. The maximum atomic E-state index is 13.0. The molecule has 4 heterocycles. The number of nitrogens with one attached hydrogen (secondary N) is 2. The van der Waals surface area contributed by atoms with E-state index in [1.165, 1.54) is 18.4 Å². The predicted octanol–water partition coefficient (Wildman–Crippen LogP) is 4.22. The number of anilines is 3. The summed E-state index contributed by atoms with van der Waals surface area (Å²) in [5.74, 6) is 2.03. The highest BCUT2D eigenvalue weighted by atomic mass is 32.1. The minimum Gasteiger partial charge on any atom is -0.383 e. The lowest BCUT2D eigenvalue weighted by atomic mass is 9.94. The molecule has 1 aliphatic carbocycles. The minimum atomic E-state index is 0.0838. The number of carbonyl (C=O) groups is 1. The molecule has 8 nitrogen and oxygen atoms in total. The highest BCUT2D eigenvalue weighted by Gasteiger charge is 2.28. The van der Waals surface area contributed by atoms with Gasteiger partial charge in [-0.2, -0.15) is 0 Å². The summed E-state index contributed by atoms with van der Waals surface area (Å²) in [5, 5.41) is 8.00. The molecule has 1 atom stereocenters. The molecule has 0 spiro atoms. The average Bonchev–Trinajstić information content (AvgIpc) is 3.52. The third-order valence-corrected chi connectivity index (χ3v) is 8.11. The van der Waals surface area contributed by atoms with Gasteiger partial charge in [0.05, 0.1) is 28.1 Å². The van der Waals surface area contributed by atoms with Gasteiger partial charge >= 0.3 is 0 Å². The van der Waals surface area contributed by atoms with Crippen LogP contribution in [0.25, 0.3) is 10.1 Å². The zero-order valence-electron chi connectivity index (χ0n) is 20.7. The second-order valence-electron chi connectivity index (χ2n) is 9.67. The minimum absolute atomic E-state index is 0.0838. The fraction of sp³-hybridized carbons (Fsp3) is 0.500. The second kappa shape index (κ2) is 10.5. The van der Waals surface area contributed by atoms with Crippen molar-refractivity contribution in [3.63, 3.8) is 0 Å². The largest absolute Gasteiger partial charge is 0.383 e. The van der Waals surface area contributed by atoms with Crippen molar-refractivity contribution < 1.29 is 9.53 Å². The molecule has 3 aromatic heterocycles. The smallest absolute Gasteiger partial charge is 0.263 e. The Morgan fingerprint density at radius 3 is 2.74 bits per heavy atom. The maximum Gasteiger partial charge on any atom is 0.263 e. The lowest BCUT2D eigenvalue weighted by Gasteiger charge is -2.34. The van der Waals surface area contributed by atoms with Gasteiger partial charge in [0.15, 0.2) is 0 Å². The number of piperazine rings is 1. The second-order valence-corrected chi connectivity index (χ2v) is 10.7. The lowest BCUT2D eigenvalue weighted by molar-refractivity contribution is 0.0831. The van der Waals surface area contributed by atoms with Crippen LogP contribution in [0.15, 0.2) is 30.6 Å². The van der Waals surface area contributed by atoms with E-state index in [0.717, 1.165) is 64.8 Å². The Morgan fingerprint density at radius 1 is 1.23 bits per heavy atom. The molecule has 1 amide bonds. The number of ether oxygens (including phenoxy) is 1. The predicted molar refractivity (Wildman–Crippen MR) is 142 cm³/mol. The molecule has 9 heteroatoms. The number of amides is 1. The van der Waals surface area contributed by atoms with E-state index in [-0.39, 0.29) is 5.91 Å². The van der Waals surface area contributed by atoms with Gasteiger partial charge in [0.1, 0.15) is 11.6 Å². The Bertz CT molecular complexity index is 1170. The van der Waals surface area contributed by atoms with Gasteiger partial charge in [-0.1, -0.05) is 12.8 Å². The van der Waals surface area contributed by atoms with Crippen LogP contribution in [-0.2, 0) is 4.74 Å². The van der Waals surface area contributed by atoms with Gasteiger partial charge in [-0.3, -0.25) is 4.79 Å². The Kier molecular flexibility index (Phi) is 7.17. The highest BCUT2D eigenvalue weighted by molar-refractivity contribution is 7.21. The number of aromatic nitrogens is 2. The van der Waals surface area contributed by atoms with Gasteiger partial charge in [0.2, 0.25) is 0 Å². The fourth-order valence-electron chi connectivity index (χ4n) is 5.22. The molecular weight excluding hydrogens is 460 g/mol. The van der Waals surface area contributed by atoms with Crippen molar-refractivity contribution in [1.29, 1.82) is 0 Å². The zero-order chi connectivity index (χ0) is 24.4. The van der Waals surface area contributed by atoms with Crippen LogP contribution in [0.4, 0.5) is 17.3 Å². The molecule has 186 valence electrons. The number of fused-ring (bicyclic) bond motifs is 1. The monoisotopic (exact) mass is 494 g/mol. The fourth-order valence-corrected chi connectivity index (χ4v) is 6.48. The molecule has 2 N–H and O–H groups in total. The van der Waals surface area contributed by atoms with E-state index in [0.29, 0.717) is 18.6 Å². The molecular formula is C26H34N6O2S. The zero-order valence-corrected chi connectivity index (χ0v) is 21.5. The SMILES string of the molecule is COC[C@H]1CN(c2ccc(Nc3cc4c(C5CCCC5)c(C(=O)N(C)C)sc4cn3)nc2)CCN1. The molecule has 1 aliphatic heterocycles. The van der Waals surface area contributed by atoms with Crippen LogP contribution in [0.5, 0.6) is 0 Å². The molecule has 2 aliphatic rings. The third kappa shape index (κ3) is 5.12. The molecule has 0 radical (unpaired) electrons. The Morgan fingerprint density at radius 2 is 2.03 bits per heavy atom. The van der Waals surface area contributed by atoms with E-state index in [2.05, 4.69) is 37.6 Å². The number of methoxy groups -OCH3 is 1. The van der Waals surface area contributed by atoms with E-state index < -0.39 is 0 Å². The Hall–Kier alpha value is -2.75. The summed E-state index contributed by atoms with van der Waals surface area (Å²) in [5.41, 5.74) is 2.31. The van der Waals surface area contributed by atoms with E-state index in [4.69, 9.17) is 4.74 Å². The van der Waals surface area contributed by atoms with Crippen molar-refractivity contribution in [2.75, 3.05) is 57.7 Å². The normalized spacial score (nSPS) is 18.8. The van der Waals surface area contributed by atoms with E-state index in [1.807, 2.05) is 32.6 Å². The molecule has 0 bridgehead atoms. The third-order valence-electron chi connectivity index (χ3n) is 6.97. The van der Waals surface area contributed by atoms with Crippen LogP contribution in [0.1, 0.15) is 46.8 Å². The standard InChI is InChI=1S/C26H34N6O2S/c1-31(2)26(33)25-24(17-6-4-5-7-17)20-12-23(29-14-21(20)35-25)30-22-9-8-19(13-28-22)32-11-10-27-18(15-32)16-34-3/h8-9,12-14,17-18,27H,4-7,10-11,15-16H2,1-3H3,(H,28,29,30)/t18-/m1/s1. The Labute approximate surface area is 210 Å². The van der Waals surface area contributed by atoms with Crippen molar-refractivity contribution in [3.05, 3.63) is 41.0 Å². The molecule has 5 rings (SSSR count). The van der Waals surface area contributed by atoms with Crippen molar-refractivity contribution in [2.45, 2.75) is 37.6 Å². The van der Waals surface area contributed by atoms with Crippen molar-refractivity contribution in [3.8, 4) is 0 Å². The summed E-state index contributed by atoms with van der Waals surface area (Å²) in [4.78, 5) is 27.1. The van der Waals surface area contributed by atoms with E-state index in [1.54, 1.807) is 23.3 Å². The quantitative estimate of drug-likeness (QED) is 0.509. The van der Waals surface area contributed by atoms with Crippen LogP contribution in [0, 0.1) is 0 Å². The molecule has 0 aromatic carbocycles. The van der Waals surface area contributed by atoms with Crippen LogP contribution in [0.3, 0.4) is 0 Å². The molecule has 3 aromatic rings. The summed E-state index contributed by atoms with van der Waals surface area (Å²) in [6.07, 6.45) is 8.54. The van der Waals surface area contributed by atoms with Gasteiger partial charge in [0.25, 0.3) is 5.91 Å². The van der Waals surface area contributed by atoms with Crippen molar-refractivity contribution in [2.24, 2.45) is 0 Å². The summed E-state index contributed by atoms with van der Waals surface area (Å²) < 4.78 is 6.37. The molecule has 1 saturated carbocycles. The van der Waals surface area contributed by atoms with E-state index in [9.17, 15) is 4.79 Å². The summed E-state index contributed by atoms with van der Waals surface area (Å²) in [6.45, 7) is 3.48. The van der Waals surface area contributed by atoms with Crippen LogP contribution in [0.2, 0.25) is 0 Å². The number of thiophene rings is 1. The molecule has 35 heavy (non-hydrogen) atoms. The first-order valence-corrected chi connectivity index (χ1v) is 13.2. The van der Waals surface area contributed by atoms with Crippen LogP contribution < -0.4 is 15.5 Å². The van der Waals surface area contributed by atoms with Crippen molar-refractivity contribution in [1.82, 2.24) is 20.2 Å². The summed E-state index contributed by atoms with van der Waals surface area (Å²) in [6, 6.07) is 6.52. The number of rotatable bonds is 7. The average molecular weight is 495 g/mol. The topological polar surface area (TPSA) is 82.6 Å². The Balaban J connectivity index is 1.37. The number of nitrogens with zero attached hydrogens (tertiary/aromatic N) is 4. The number of hydrogen-bond acceptors (Lipinski definition) is 8. The number of hydrogen-bond donors (Lipinski definition) is 2. The first-order chi connectivity index (χ1) is 17.0. The van der Waals surface area contributed by atoms with Gasteiger partial charge in [-0.15, -0.1) is 11.3 Å². The summed E-state index contributed by atoms with van der Waals surface area (Å²) >= 11 is 1.57. The first kappa shape index (κ1) is 24.0. The van der Waals surface area contributed by atoms with Gasteiger partial charge < -0.3 is 25.2 Å². The number of pyridine rings is 2. The van der Waals surface area contributed by atoms with Gasteiger partial charge in [-0.05, 0) is 42.5 Å². The number of carbonyl (C=O) groups excluding carboxylic acids is 1. The molecule has 0 unspecified atom stereocenters. The first-order valence-electron chi connectivity index (χ1n) is 12.4. The van der Waals surface area contributed by atoms with Crippen LogP contribution in [-0.4, -0.2) is 74.3 Å². The maximum absolute atomic E-state index is 13.0. The van der Waals surface area contributed by atoms with Gasteiger partial charge in [-0.25, -0.2) is 9.97 Å². The van der Waals surface area contributed by atoms with Crippen LogP contribution >= 0.6 is 11.3 Å². The molecule has 1 saturated heterocycles.